The predicted molar refractivity (Wildman–Crippen MR) is 70.4 cm³/mol. The Balaban J connectivity index is 2.14. The fourth-order valence-corrected chi connectivity index (χ4v) is 2.13. The molecule has 0 amide bonds. The van der Waals surface area contributed by atoms with Gasteiger partial charge < -0.3 is 15.2 Å². The first kappa shape index (κ1) is 12.7. The van der Waals surface area contributed by atoms with E-state index in [4.69, 9.17) is 9.84 Å². The summed E-state index contributed by atoms with van der Waals surface area (Å²) in [7, 11) is 1.58. The Morgan fingerprint density at radius 3 is 2.83 bits per heavy atom. The van der Waals surface area contributed by atoms with Crippen molar-refractivity contribution in [2.45, 2.75) is 32.2 Å². The molecule has 1 aromatic carbocycles. The van der Waals surface area contributed by atoms with Crippen LogP contribution in [0.5, 0.6) is 5.75 Å². The highest BCUT2D eigenvalue weighted by atomic mass is 16.5. The Morgan fingerprint density at radius 1 is 1.56 bits per heavy atom. The van der Waals surface area contributed by atoms with E-state index in [2.05, 4.69) is 12.2 Å². The van der Waals surface area contributed by atoms with Crippen molar-refractivity contribution < 1.29 is 14.6 Å². The van der Waals surface area contributed by atoms with Crippen LogP contribution in [-0.4, -0.2) is 24.2 Å². The van der Waals surface area contributed by atoms with Gasteiger partial charge in [-0.05, 0) is 31.4 Å². The maximum atomic E-state index is 11.2. The van der Waals surface area contributed by atoms with Crippen LogP contribution in [-0.2, 0) is 0 Å². The number of carboxylic acid groups (broad SMARTS) is 1. The lowest BCUT2D eigenvalue weighted by atomic mass is 10.1. The Labute approximate surface area is 107 Å². The molecule has 4 nitrogen and oxygen atoms in total. The summed E-state index contributed by atoms with van der Waals surface area (Å²) in [6.45, 7) is 2.09. The fourth-order valence-electron chi connectivity index (χ4n) is 2.13. The predicted octanol–water partition coefficient (Wildman–Crippen LogP) is 2.99. The molecule has 1 aliphatic carbocycles. The minimum absolute atomic E-state index is 0.280. The van der Waals surface area contributed by atoms with Crippen LogP contribution < -0.4 is 10.1 Å². The second-order valence-electron chi connectivity index (χ2n) is 4.94. The summed E-state index contributed by atoms with van der Waals surface area (Å²) >= 11 is 0. The molecule has 98 valence electrons. The van der Waals surface area contributed by atoms with Gasteiger partial charge in [0, 0.05) is 12.1 Å². The molecular formula is C14H19NO3. The molecular weight excluding hydrogens is 230 g/mol. The molecule has 1 saturated carbocycles. The number of methoxy groups -OCH3 is 1. The summed E-state index contributed by atoms with van der Waals surface area (Å²) in [6.07, 6.45) is 3.70. The summed E-state index contributed by atoms with van der Waals surface area (Å²) in [5, 5.41) is 12.4. The number of anilines is 1. The lowest BCUT2D eigenvalue weighted by Crippen LogP contribution is -2.18. The van der Waals surface area contributed by atoms with Gasteiger partial charge in [-0.2, -0.15) is 0 Å². The molecule has 0 aliphatic heterocycles. The van der Waals surface area contributed by atoms with Crippen LogP contribution >= 0.6 is 0 Å². The summed E-state index contributed by atoms with van der Waals surface area (Å²) in [5.74, 6) is 0.561. The van der Waals surface area contributed by atoms with Gasteiger partial charge in [0.15, 0.2) is 0 Å². The van der Waals surface area contributed by atoms with Gasteiger partial charge in [-0.3, -0.25) is 0 Å². The average molecular weight is 249 g/mol. The molecule has 18 heavy (non-hydrogen) atoms. The number of carbonyl (C=O) groups is 1. The zero-order chi connectivity index (χ0) is 13.1. The average Bonchev–Trinajstić information content (AvgIpc) is 3.12. The molecule has 0 bridgehead atoms. The highest BCUT2D eigenvalue weighted by Crippen LogP contribution is 2.34. The number of hydrogen-bond acceptors (Lipinski definition) is 3. The van der Waals surface area contributed by atoms with Crippen molar-refractivity contribution in [3.8, 4) is 5.75 Å². The number of benzene rings is 1. The number of ether oxygens (including phenoxy) is 1. The first-order valence-electron chi connectivity index (χ1n) is 6.28. The van der Waals surface area contributed by atoms with E-state index in [1.54, 1.807) is 25.3 Å². The third kappa shape index (κ3) is 3.15. The summed E-state index contributed by atoms with van der Waals surface area (Å²) in [6, 6.07) is 5.27. The van der Waals surface area contributed by atoms with Gasteiger partial charge >= 0.3 is 5.97 Å². The van der Waals surface area contributed by atoms with Crippen molar-refractivity contribution in [2.75, 3.05) is 12.4 Å². The van der Waals surface area contributed by atoms with E-state index < -0.39 is 5.97 Å². The Kier molecular flexibility index (Phi) is 3.75. The first-order valence-corrected chi connectivity index (χ1v) is 6.28. The van der Waals surface area contributed by atoms with Crippen LogP contribution in [0.3, 0.4) is 0 Å². The number of hydrogen-bond donors (Lipinski definition) is 2. The van der Waals surface area contributed by atoms with Crippen LogP contribution in [0, 0.1) is 5.92 Å². The van der Waals surface area contributed by atoms with Gasteiger partial charge in [-0.1, -0.05) is 12.8 Å². The lowest BCUT2D eigenvalue weighted by molar-refractivity contribution is 0.0698. The highest BCUT2D eigenvalue weighted by Gasteiger charge is 2.24. The molecule has 0 heterocycles. The molecule has 1 aliphatic rings. The SMILES string of the molecule is COc1ccc(C(=O)O)c(NC(C)CC2CC2)c1. The molecule has 1 fully saturated rings. The maximum absolute atomic E-state index is 11.2. The number of rotatable bonds is 6. The van der Waals surface area contributed by atoms with E-state index in [1.807, 2.05) is 0 Å². The van der Waals surface area contributed by atoms with E-state index >= 15 is 0 Å². The molecule has 1 unspecified atom stereocenters. The van der Waals surface area contributed by atoms with E-state index in [1.165, 1.54) is 12.8 Å². The molecule has 2 rings (SSSR count). The van der Waals surface area contributed by atoms with Gasteiger partial charge in [0.1, 0.15) is 5.75 Å². The minimum atomic E-state index is -0.918. The Hall–Kier alpha value is -1.71. The number of carboxylic acids is 1. The largest absolute Gasteiger partial charge is 0.497 e. The second kappa shape index (κ2) is 5.29. The van der Waals surface area contributed by atoms with Crippen molar-refractivity contribution in [2.24, 2.45) is 5.92 Å². The Morgan fingerprint density at radius 2 is 2.28 bits per heavy atom. The molecule has 1 aromatic rings. The van der Waals surface area contributed by atoms with Crippen LogP contribution in [0.1, 0.15) is 36.5 Å². The molecule has 0 radical (unpaired) electrons. The summed E-state index contributed by atoms with van der Waals surface area (Å²) < 4.78 is 5.13. The van der Waals surface area contributed by atoms with E-state index in [0.717, 1.165) is 12.3 Å². The van der Waals surface area contributed by atoms with E-state index in [0.29, 0.717) is 17.0 Å². The molecule has 0 saturated heterocycles. The quantitative estimate of drug-likeness (QED) is 0.813. The summed E-state index contributed by atoms with van der Waals surface area (Å²) in [5.41, 5.74) is 0.924. The first-order chi connectivity index (χ1) is 8.60. The van der Waals surface area contributed by atoms with Crippen LogP contribution in [0.25, 0.3) is 0 Å². The monoisotopic (exact) mass is 249 g/mol. The molecule has 2 N–H and O–H groups in total. The van der Waals surface area contributed by atoms with Crippen molar-refractivity contribution in [3.63, 3.8) is 0 Å². The fraction of sp³-hybridized carbons (Fsp3) is 0.500. The molecule has 1 atom stereocenters. The van der Waals surface area contributed by atoms with Gasteiger partial charge in [0.25, 0.3) is 0 Å². The van der Waals surface area contributed by atoms with E-state index in [-0.39, 0.29) is 6.04 Å². The third-order valence-corrected chi connectivity index (χ3v) is 3.24. The topological polar surface area (TPSA) is 58.6 Å². The molecule has 0 spiro atoms. The molecule has 4 heteroatoms. The van der Waals surface area contributed by atoms with Crippen LogP contribution in [0.15, 0.2) is 18.2 Å². The van der Waals surface area contributed by atoms with Crippen LogP contribution in [0.4, 0.5) is 5.69 Å². The molecule has 0 aromatic heterocycles. The van der Waals surface area contributed by atoms with E-state index in [9.17, 15) is 4.79 Å². The van der Waals surface area contributed by atoms with Gasteiger partial charge in [0.2, 0.25) is 0 Å². The smallest absolute Gasteiger partial charge is 0.337 e. The van der Waals surface area contributed by atoms with Crippen molar-refractivity contribution in [1.29, 1.82) is 0 Å². The van der Waals surface area contributed by atoms with Gasteiger partial charge in [-0.25, -0.2) is 4.79 Å². The van der Waals surface area contributed by atoms with Crippen LogP contribution in [0.2, 0.25) is 0 Å². The summed E-state index contributed by atoms with van der Waals surface area (Å²) in [4.78, 5) is 11.2. The number of aromatic carboxylic acids is 1. The zero-order valence-electron chi connectivity index (χ0n) is 10.8. The second-order valence-corrected chi connectivity index (χ2v) is 4.94. The highest BCUT2D eigenvalue weighted by molar-refractivity contribution is 5.94. The maximum Gasteiger partial charge on any atom is 0.337 e. The van der Waals surface area contributed by atoms with Gasteiger partial charge in [0.05, 0.1) is 18.4 Å². The van der Waals surface area contributed by atoms with Crippen molar-refractivity contribution >= 4 is 11.7 Å². The van der Waals surface area contributed by atoms with Crippen molar-refractivity contribution in [1.82, 2.24) is 0 Å². The Bertz CT molecular complexity index is 441. The standard InChI is InChI=1S/C14H19NO3/c1-9(7-10-3-4-10)15-13-8-11(18-2)5-6-12(13)14(16)17/h5-6,8-10,15H,3-4,7H2,1-2H3,(H,16,17). The van der Waals surface area contributed by atoms with Gasteiger partial charge in [-0.15, -0.1) is 0 Å². The zero-order valence-corrected chi connectivity index (χ0v) is 10.8. The normalized spacial score (nSPS) is 16.1. The number of nitrogens with one attached hydrogen (secondary N) is 1. The van der Waals surface area contributed by atoms with Crippen molar-refractivity contribution in [3.05, 3.63) is 23.8 Å². The minimum Gasteiger partial charge on any atom is -0.497 e. The lowest BCUT2D eigenvalue weighted by Gasteiger charge is -2.17. The third-order valence-electron chi connectivity index (χ3n) is 3.24.